The molecule has 1 aliphatic rings. The number of Topliss-reactive ketones (excluding diaryl/α,β-unsaturated/α-hetero) is 1. The number of aromatic amines is 1. The highest BCUT2D eigenvalue weighted by molar-refractivity contribution is 6.46. The van der Waals surface area contributed by atoms with Gasteiger partial charge in [0.15, 0.2) is 0 Å². The second-order valence-electron chi connectivity index (χ2n) is 8.44. The van der Waals surface area contributed by atoms with Crippen molar-refractivity contribution in [3.8, 4) is 5.75 Å². The minimum absolute atomic E-state index is 0.0658. The number of fused-ring (bicyclic) bond motifs is 1. The number of rotatable bonds is 7. The van der Waals surface area contributed by atoms with Crippen molar-refractivity contribution < 1.29 is 19.4 Å². The van der Waals surface area contributed by atoms with Gasteiger partial charge in [0.05, 0.1) is 18.2 Å². The van der Waals surface area contributed by atoms with E-state index in [2.05, 4.69) is 9.97 Å². The Morgan fingerprint density at radius 2 is 1.80 bits per heavy atom. The third-order valence-electron chi connectivity index (χ3n) is 6.16. The van der Waals surface area contributed by atoms with Crippen molar-refractivity contribution in [2.45, 2.75) is 25.9 Å². The fraction of sp³-hybridized carbons (Fsp3) is 0.179. The molecule has 0 bridgehead atoms. The van der Waals surface area contributed by atoms with Gasteiger partial charge in [0.25, 0.3) is 11.7 Å². The van der Waals surface area contributed by atoms with Crippen molar-refractivity contribution in [2.75, 3.05) is 6.61 Å². The standard InChI is InChI=1S/C28H25N3O4/c1-2-15-35-20-9-7-19(8-10-20)26(32)24-25(22-16-30-23-6-4-3-5-21(22)23)31(28(34)27(24)33)17-18-11-13-29-14-12-18/h3-14,16,25,30,32H,2,15,17H2,1H3/b26-24+. The molecule has 7 heteroatoms. The van der Waals surface area contributed by atoms with Gasteiger partial charge in [-0.25, -0.2) is 0 Å². The molecule has 1 amide bonds. The Morgan fingerprint density at radius 3 is 2.54 bits per heavy atom. The van der Waals surface area contributed by atoms with E-state index < -0.39 is 17.7 Å². The van der Waals surface area contributed by atoms with Gasteiger partial charge >= 0.3 is 0 Å². The van der Waals surface area contributed by atoms with Gasteiger partial charge in [-0.1, -0.05) is 25.1 Å². The van der Waals surface area contributed by atoms with E-state index in [-0.39, 0.29) is 17.9 Å². The van der Waals surface area contributed by atoms with Crippen LogP contribution in [-0.2, 0) is 16.1 Å². The molecule has 2 aromatic heterocycles. The van der Waals surface area contributed by atoms with Crippen LogP contribution in [0.3, 0.4) is 0 Å². The largest absolute Gasteiger partial charge is 0.507 e. The molecule has 0 aliphatic carbocycles. The lowest BCUT2D eigenvalue weighted by Gasteiger charge is -2.25. The summed E-state index contributed by atoms with van der Waals surface area (Å²) in [6.45, 7) is 2.82. The first-order valence-electron chi connectivity index (χ1n) is 11.5. The number of ether oxygens (including phenoxy) is 1. The van der Waals surface area contributed by atoms with Crippen LogP contribution in [0.5, 0.6) is 5.75 Å². The normalized spacial score (nSPS) is 17.3. The van der Waals surface area contributed by atoms with E-state index in [1.165, 1.54) is 4.90 Å². The SMILES string of the molecule is CCCOc1ccc(/C(O)=C2\C(=O)C(=O)N(Cc3ccncc3)C2c2c[nH]c3ccccc23)cc1. The first-order chi connectivity index (χ1) is 17.1. The monoisotopic (exact) mass is 467 g/mol. The number of benzene rings is 2. The molecule has 2 aromatic carbocycles. The highest BCUT2D eigenvalue weighted by Gasteiger charge is 2.46. The van der Waals surface area contributed by atoms with Crippen LogP contribution in [0, 0.1) is 0 Å². The molecule has 7 nitrogen and oxygen atoms in total. The lowest BCUT2D eigenvalue weighted by atomic mass is 9.95. The second-order valence-corrected chi connectivity index (χ2v) is 8.44. The quantitative estimate of drug-likeness (QED) is 0.227. The Hall–Kier alpha value is -4.39. The average molecular weight is 468 g/mol. The first-order valence-corrected chi connectivity index (χ1v) is 11.5. The van der Waals surface area contributed by atoms with Gasteiger partial charge in [-0.05, 0) is 54.4 Å². The zero-order valence-corrected chi connectivity index (χ0v) is 19.3. The molecule has 0 radical (unpaired) electrons. The van der Waals surface area contributed by atoms with Crippen LogP contribution in [0.4, 0.5) is 0 Å². The maximum atomic E-state index is 13.3. The van der Waals surface area contributed by atoms with Gasteiger partial charge in [0, 0.05) is 47.2 Å². The van der Waals surface area contributed by atoms with Gasteiger partial charge in [0.2, 0.25) is 0 Å². The number of hydrogen-bond donors (Lipinski definition) is 2. The number of hydrogen-bond acceptors (Lipinski definition) is 5. The van der Waals surface area contributed by atoms with Gasteiger partial charge in [-0.2, -0.15) is 0 Å². The van der Waals surface area contributed by atoms with Crippen LogP contribution in [-0.4, -0.2) is 38.3 Å². The molecular formula is C28H25N3O4. The van der Waals surface area contributed by atoms with Crippen LogP contribution in [0.1, 0.15) is 36.1 Å². The van der Waals surface area contributed by atoms with E-state index in [0.717, 1.165) is 28.5 Å². The van der Waals surface area contributed by atoms with Crippen LogP contribution in [0.15, 0.2) is 84.8 Å². The van der Waals surface area contributed by atoms with Crippen molar-refractivity contribution in [3.63, 3.8) is 0 Å². The number of ketones is 1. The summed E-state index contributed by atoms with van der Waals surface area (Å²) < 4.78 is 5.63. The van der Waals surface area contributed by atoms with E-state index in [1.807, 2.05) is 31.2 Å². The highest BCUT2D eigenvalue weighted by atomic mass is 16.5. The minimum Gasteiger partial charge on any atom is -0.507 e. The molecule has 3 heterocycles. The molecule has 1 saturated heterocycles. The number of aromatic nitrogens is 2. The zero-order valence-electron chi connectivity index (χ0n) is 19.3. The summed E-state index contributed by atoms with van der Waals surface area (Å²) in [5.74, 6) is -0.896. The predicted octanol–water partition coefficient (Wildman–Crippen LogP) is 4.97. The van der Waals surface area contributed by atoms with Gasteiger partial charge in [0.1, 0.15) is 11.5 Å². The van der Waals surface area contributed by atoms with E-state index in [1.54, 1.807) is 55.0 Å². The molecule has 176 valence electrons. The third-order valence-corrected chi connectivity index (χ3v) is 6.16. The number of amides is 1. The first kappa shape index (κ1) is 22.4. The Labute approximate surface area is 202 Å². The van der Waals surface area contributed by atoms with Crippen molar-refractivity contribution in [2.24, 2.45) is 0 Å². The number of nitrogens with zero attached hydrogens (tertiary/aromatic N) is 2. The molecule has 35 heavy (non-hydrogen) atoms. The number of pyridine rings is 1. The fourth-order valence-electron chi connectivity index (χ4n) is 4.46. The second kappa shape index (κ2) is 9.46. The summed E-state index contributed by atoms with van der Waals surface area (Å²) in [6.07, 6.45) is 5.98. The fourth-order valence-corrected chi connectivity index (χ4v) is 4.46. The third kappa shape index (κ3) is 4.17. The smallest absolute Gasteiger partial charge is 0.295 e. The van der Waals surface area contributed by atoms with Crippen LogP contribution >= 0.6 is 0 Å². The summed E-state index contributed by atoms with van der Waals surface area (Å²) >= 11 is 0. The molecule has 1 aliphatic heterocycles. The Kier molecular flexibility index (Phi) is 6.06. The van der Waals surface area contributed by atoms with Crippen LogP contribution in [0.2, 0.25) is 0 Å². The Balaban J connectivity index is 1.63. The summed E-state index contributed by atoms with van der Waals surface area (Å²) in [4.78, 5) is 35.3. The number of likely N-dealkylation sites (tertiary alicyclic amines) is 1. The minimum atomic E-state index is -0.754. The average Bonchev–Trinajstić information content (AvgIpc) is 3.42. The topological polar surface area (TPSA) is 95.5 Å². The van der Waals surface area contributed by atoms with E-state index in [9.17, 15) is 14.7 Å². The summed E-state index contributed by atoms with van der Waals surface area (Å²) in [5, 5.41) is 12.2. The van der Waals surface area contributed by atoms with E-state index in [4.69, 9.17) is 4.74 Å². The number of para-hydroxylation sites is 1. The summed E-state index contributed by atoms with van der Waals surface area (Å²) in [5.41, 5.74) is 2.98. The lowest BCUT2D eigenvalue weighted by Crippen LogP contribution is -2.29. The predicted molar refractivity (Wildman–Crippen MR) is 133 cm³/mol. The molecular weight excluding hydrogens is 442 g/mol. The summed E-state index contributed by atoms with van der Waals surface area (Å²) in [6, 6.07) is 17.4. The van der Waals surface area contributed by atoms with Crippen LogP contribution in [0.25, 0.3) is 16.7 Å². The highest BCUT2D eigenvalue weighted by Crippen LogP contribution is 2.42. The number of carbonyl (C=O) groups is 2. The number of carbonyl (C=O) groups excluding carboxylic acids is 2. The molecule has 1 unspecified atom stereocenters. The lowest BCUT2D eigenvalue weighted by molar-refractivity contribution is -0.140. The van der Waals surface area contributed by atoms with Crippen molar-refractivity contribution >= 4 is 28.4 Å². The molecule has 0 spiro atoms. The van der Waals surface area contributed by atoms with E-state index >= 15 is 0 Å². The van der Waals surface area contributed by atoms with Crippen LogP contribution < -0.4 is 4.74 Å². The molecule has 1 fully saturated rings. The maximum Gasteiger partial charge on any atom is 0.295 e. The van der Waals surface area contributed by atoms with E-state index in [0.29, 0.717) is 17.9 Å². The van der Waals surface area contributed by atoms with Crippen molar-refractivity contribution in [1.82, 2.24) is 14.9 Å². The zero-order chi connectivity index (χ0) is 24.4. The Morgan fingerprint density at radius 1 is 1.06 bits per heavy atom. The summed E-state index contributed by atoms with van der Waals surface area (Å²) in [7, 11) is 0. The number of H-pyrrole nitrogens is 1. The molecule has 1 atom stereocenters. The van der Waals surface area contributed by atoms with Gasteiger partial charge in [-0.3, -0.25) is 14.6 Å². The van der Waals surface area contributed by atoms with Crippen molar-refractivity contribution in [3.05, 3.63) is 102 Å². The maximum absolute atomic E-state index is 13.3. The number of nitrogens with one attached hydrogen (secondary N) is 1. The van der Waals surface area contributed by atoms with Crippen molar-refractivity contribution in [1.29, 1.82) is 0 Å². The molecule has 0 saturated carbocycles. The number of aliphatic hydroxyl groups excluding tert-OH is 1. The molecule has 5 rings (SSSR count). The Bertz CT molecular complexity index is 1410. The number of aliphatic hydroxyl groups is 1. The molecule has 2 N–H and O–H groups in total. The van der Waals surface area contributed by atoms with Gasteiger partial charge in [-0.15, -0.1) is 0 Å². The van der Waals surface area contributed by atoms with Gasteiger partial charge < -0.3 is 19.7 Å². The molecule has 4 aromatic rings.